The zero-order valence-electron chi connectivity index (χ0n) is 13.5. The summed E-state index contributed by atoms with van der Waals surface area (Å²) >= 11 is 12.3. The topological polar surface area (TPSA) is 59.3 Å². The first-order chi connectivity index (χ1) is 12.0. The van der Waals surface area contributed by atoms with Crippen LogP contribution in [-0.2, 0) is 0 Å². The molecule has 1 amide bonds. The summed E-state index contributed by atoms with van der Waals surface area (Å²) in [6.45, 7) is 4.02. The lowest BCUT2D eigenvalue weighted by atomic mass is 10.2. The maximum atomic E-state index is 12.7. The van der Waals surface area contributed by atoms with Crippen LogP contribution in [0.5, 0.6) is 0 Å². The summed E-state index contributed by atoms with van der Waals surface area (Å²) in [5, 5.41) is 3.53. The van der Waals surface area contributed by atoms with Crippen LogP contribution in [0, 0.1) is 0 Å². The summed E-state index contributed by atoms with van der Waals surface area (Å²) in [5.41, 5.74) is 3.50. The van der Waals surface area contributed by atoms with Crippen molar-refractivity contribution in [3.8, 4) is 0 Å². The fourth-order valence-electron chi connectivity index (χ4n) is 3.02. The van der Waals surface area contributed by atoms with Crippen molar-refractivity contribution in [2.75, 3.05) is 5.32 Å². The Bertz CT molecular complexity index is 1030. The number of rotatable bonds is 2. The number of halogens is 2. The van der Waals surface area contributed by atoms with Gasteiger partial charge in [-0.2, -0.15) is 0 Å². The molecule has 1 aliphatic heterocycles. The Balaban J connectivity index is 1.80. The quantitative estimate of drug-likeness (QED) is 0.666. The fraction of sp³-hybridized carbons (Fsp3) is 0.167. The van der Waals surface area contributed by atoms with Gasteiger partial charge in [-0.15, -0.1) is 0 Å². The Hall–Kier alpha value is -2.37. The van der Waals surface area contributed by atoms with E-state index >= 15 is 0 Å². The summed E-state index contributed by atoms with van der Waals surface area (Å²) in [6, 6.07) is 10.6. The van der Waals surface area contributed by atoms with Gasteiger partial charge in [0.2, 0.25) is 5.95 Å². The first kappa shape index (κ1) is 16.1. The summed E-state index contributed by atoms with van der Waals surface area (Å²) in [5.74, 6) is 0.291. The lowest BCUT2D eigenvalue weighted by Crippen LogP contribution is -2.15. The van der Waals surface area contributed by atoms with E-state index in [-0.39, 0.29) is 17.5 Å². The third kappa shape index (κ3) is 2.51. The van der Waals surface area contributed by atoms with E-state index in [1.165, 1.54) is 0 Å². The van der Waals surface area contributed by atoms with Crippen molar-refractivity contribution in [3.63, 3.8) is 0 Å². The van der Waals surface area contributed by atoms with Crippen molar-refractivity contribution in [1.29, 1.82) is 0 Å². The average Bonchev–Trinajstić information content (AvgIpc) is 3.04. The van der Waals surface area contributed by atoms with Crippen LogP contribution in [0.4, 0.5) is 11.6 Å². The van der Waals surface area contributed by atoms with E-state index in [4.69, 9.17) is 23.2 Å². The van der Waals surface area contributed by atoms with E-state index in [9.17, 15) is 4.79 Å². The third-order valence-corrected chi connectivity index (χ3v) is 5.03. The number of fused-ring (bicyclic) bond motifs is 3. The molecule has 25 heavy (non-hydrogen) atoms. The number of hydrogen-bond acceptors (Lipinski definition) is 3. The van der Waals surface area contributed by atoms with Crippen molar-refractivity contribution in [2.24, 2.45) is 4.99 Å². The molecule has 1 unspecified atom stereocenters. The molecule has 1 aromatic heterocycles. The Kier molecular flexibility index (Phi) is 3.78. The van der Waals surface area contributed by atoms with Crippen LogP contribution in [0.1, 0.15) is 30.2 Å². The van der Waals surface area contributed by atoms with Crippen LogP contribution >= 0.6 is 23.2 Å². The first-order valence-electron chi connectivity index (χ1n) is 7.79. The number of nitrogens with one attached hydrogen (secondary N) is 1. The van der Waals surface area contributed by atoms with Crippen molar-refractivity contribution in [1.82, 2.24) is 9.55 Å². The molecular formula is C18H14Cl2N4O. The molecule has 0 saturated heterocycles. The van der Waals surface area contributed by atoms with Crippen molar-refractivity contribution < 1.29 is 4.79 Å². The van der Waals surface area contributed by atoms with Gasteiger partial charge in [-0.1, -0.05) is 35.3 Å². The second-order valence-electron chi connectivity index (χ2n) is 5.94. The zero-order valence-corrected chi connectivity index (χ0v) is 15.1. The van der Waals surface area contributed by atoms with Crippen molar-refractivity contribution in [3.05, 3.63) is 52.0 Å². The summed E-state index contributed by atoms with van der Waals surface area (Å²) < 4.78 is 2.02. The fourth-order valence-corrected chi connectivity index (χ4v) is 3.59. The number of nitrogens with zero attached hydrogens (tertiary/aromatic N) is 3. The van der Waals surface area contributed by atoms with Gasteiger partial charge in [0.1, 0.15) is 0 Å². The molecule has 0 spiro atoms. The number of benzene rings is 2. The van der Waals surface area contributed by atoms with Gasteiger partial charge in [-0.3, -0.25) is 9.36 Å². The van der Waals surface area contributed by atoms with E-state index in [0.29, 0.717) is 21.7 Å². The monoisotopic (exact) mass is 372 g/mol. The van der Waals surface area contributed by atoms with Crippen LogP contribution in [0.3, 0.4) is 0 Å². The highest BCUT2D eigenvalue weighted by Crippen LogP contribution is 2.36. The number of para-hydroxylation sites is 1. The predicted octanol–water partition coefficient (Wildman–Crippen LogP) is 5.26. The predicted molar refractivity (Wildman–Crippen MR) is 102 cm³/mol. The number of imidazole rings is 1. The van der Waals surface area contributed by atoms with Gasteiger partial charge in [-0.05, 0) is 38.1 Å². The molecule has 1 N–H and O–H groups in total. The molecule has 0 saturated carbocycles. The zero-order chi connectivity index (χ0) is 17.7. The molecule has 1 aliphatic rings. The molecule has 4 rings (SSSR count). The number of carbonyl (C=O) groups is 1. The van der Waals surface area contributed by atoms with E-state index in [1.807, 2.05) is 29.7 Å². The maximum absolute atomic E-state index is 12.7. The minimum absolute atomic E-state index is 0.0851. The molecule has 5 nitrogen and oxygen atoms in total. The Morgan fingerprint density at radius 1 is 1.16 bits per heavy atom. The normalized spacial score (nSPS) is 16.0. The maximum Gasteiger partial charge on any atom is 0.258 e. The molecule has 7 heteroatoms. The van der Waals surface area contributed by atoms with Crippen LogP contribution < -0.4 is 5.32 Å². The van der Waals surface area contributed by atoms with Crippen LogP contribution in [-0.4, -0.2) is 21.2 Å². The number of aliphatic imine (C=N–C) groups is 1. The Morgan fingerprint density at radius 3 is 2.56 bits per heavy atom. The van der Waals surface area contributed by atoms with Crippen molar-refractivity contribution in [2.45, 2.75) is 19.9 Å². The van der Waals surface area contributed by atoms with Crippen LogP contribution in [0.2, 0.25) is 10.0 Å². The Labute approximate surface area is 154 Å². The second kappa shape index (κ2) is 5.86. The molecule has 0 fully saturated rings. The van der Waals surface area contributed by atoms with Gasteiger partial charge in [0.15, 0.2) is 0 Å². The van der Waals surface area contributed by atoms with Crippen LogP contribution in [0.15, 0.2) is 41.4 Å². The van der Waals surface area contributed by atoms with Crippen LogP contribution in [0.25, 0.3) is 11.0 Å². The van der Waals surface area contributed by atoms with Gasteiger partial charge < -0.3 is 5.32 Å². The highest BCUT2D eigenvalue weighted by molar-refractivity contribution is 6.40. The highest BCUT2D eigenvalue weighted by atomic mass is 35.5. The number of aromatic nitrogens is 2. The highest BCUT2D eigenvalue weighted by Gasteiger charge is 2.26. The van der Waals surface area contributed by atoms with Gasteiger partial charge in [-0.25, -0.2) is 9.98 Å². The second-order valence-corrected chi connectivity index (χ2v) is 6.75. The summed E-state index contributed by atoms with van der Waals surface area (Å²) in [4.78, 5) is 21.8. The van der Waals surface area contributed by atoms with E-state index < -0.39 is 0 Å². The van der Waals surface area contributed by atoms with E-state index in [0.717, 1.165) is 16.7 Å². The van der Waals surface area contributed by atoms with Gasteiger partial charge in [0.05, 0.1) is 38.4 Å². The molecule has 2 aromatic carbocycles. The molecule has 3 aromatic rings. The minimum atomic E-state index is -0.359. The first-order valence-corrected chi connectivity index (χ1v) is 8.54. The number of anilines is 1. The molecule has 0 bridgehead atoms. The van der Waals surface area contributed by atoms with E-state index in [2.05, 4.69) is 22.2 Å². The van der Waals surface area contributed by atoms with E-state index in [1.54, 1.807) is 18.2 Å². The molecule has 2 heterocycles. The smallest absolute Gasteiger partial charge is 0.258 e. The van der Waals surface area contributed by atoms with Crippen molar-refractivity contribution >= 4 is 57.5 Å². The SMILES string of the molecule is CC1=Nc2nc3cccc(NC(=O)c4c(Cl)cccc4Cl)c3n2C1C. The molecular weight excluding hydrogens is 359 g/mol. The van der Waals surface area contributed by atoms with Gasteiger partial charge in [0.25, 0.3) is 5.91 Å². The van der Waals surface area contributed by atoms with Gasteiger partial charge >= 0.3 is 0 Å². The van der Waals surface area contributed by atoms with Gasteiger partial charge in [0, 0.05) is 5.71 Å². The molecule has 126 valence electrons. The molecule has 1 atom stereocenters. The molecule has 0 aliphatic carbocycles. The lowest BCUT2D eigenvalue weighted by molar-refractivity contribution is 0.102. The third-order valence-electron chi connectivity index (χ3n) is 4.40. The number of amides is 1. The lowest BCUT2D eigenvalue weighted by Gasteiger charge is -2.13. The largest absolute Gasteiger partial charge is 0.320 e. The summed E-state index contributed by atoms with van der Waals surface area (Å²) in [7, 11) is 0. The average molecular weight is 373 g/mol. The Morgan fingerprint density at radius 2 is 1.84 bits per heavy atom. The standard InChI is InChI=1S/C18H14Cl2N4O/c1-9-10(2)24-16-13(7-4-8-14(16)23-18(24)21-9)22-17(25)15-11(19)5-3-6-12(15)20/h3-8,10H,1-2H3,(H,22,25). The number of carbonyl (C=O) groups excluding carboxylic acids is 1. The molecule has 0 radical (unpaired) electrons. The number of hydrogen-bond donors (Lipinski definition) is 1. The minimum Gasteiger partial charge on any atom is -0.320 e. The summed E-state index contributed by atoms with van der Waals surface area (Å²) in [6.07, 6.45) is 0.